The summed E-state index contributed by atoms with van der Waals surface area (Å²) >= 11 is 0.695. The Labute approximate surface area is 117 Å². The molecule has 1 N–H and O–H groups in total. The number of hydrogen-bond donors (Lipinski definition) is 1. The second kappa shape index (κ2) is 4.69. The number of nitrogens with zero attached hydrogens (tertiary/aromatic N) is 1. The monoisotopic (exact) mass is 304 g/mol. The first-order chi connectivity index (χ1) is 9.20. The molecule has 3 amide bonds. The number of rotatable bonds is 2. The molecule has 0 spiro atoms. The largest absolute Gasteiger partial charge is 0.329 e. The number of urea groups is 1. The van der Waals surface area contributed by atoms with E-state index in [2.05, 4.69) is 5.32 Å². The minimum atomic E-state index is -1.43. The molecule has 0 radical (unpaired) electrons. The molecule has 1 aromatic carbocycles. The van der Waals surface area contributed by atoms with Gasteiger partial charge in [-0.25, -0.2) is 22.9 Å². The zero-order valence-corrected chi connectivity index (χ0v) is 11.7. The molecular formula is C12H11F3N2O2S. The fraction of sp³-hybridized carbons (Fsp3) is 0.333. The van der Waals surface area contributed by atoms with Gasteiger partial charge in [0.25, 0.3) is 5.91 Å². The van der Waals surface area contributed by atoms with E-state index in [1.165, 1.54) is 20.1 Å². The van der Waals surface area contributed by atoms with E-state index in [1.807, 2.05) is 0 Å². The molecule has 0 saturated carbocycles. The fourth-order valence-corrected chi connectivity index (χ4v) is 2.41. The zero-order chi connectivity index (χ0) is 15.2. The molecule has 0 bridgehead atoms. The number of thioether (sulfide) groups is 1. The van der Waals surface area contributed by atoms with E-state index in [1.54, 1.807) is 0 Å². The molecule has 1 aliphatic heterocycles. The van der Waals surface area contributed by atoms with Crippen molar-refractivity contribution in [2.45, 2.75) is 24.3 Å². The van der Waals surface area contributed by atoms with Crippen LogP contribution in [0.4, 0.5) is 23.7 Å². The van der Waals surface area contributed by atoms with Crippen molar-refractivity contribution in [3.63, 3.8) is 0 Å². The van der Waals surface area contributed by atoms with E-state index in [9.17, 15) is 22.8 Å². The molecule has 1 fully saturated rings. The number of hydrogen-bond acceptors (Lipinski definition) is 3. The summed E-state index contributed by atoms with van der Waals surface area (Å²) in [5, 5.41) is 2.31. The molecule has 8 heteroatoms. The molecule has 0 aliphatic carbocycles. The summed E-state index contributed by atoms with van der Waals surface area (Å²) in [5.41, 5.74) is -1.99. The number of carbonyl (C=O) groups is 2. The van der Waals surface area contributed by atoms with E-state index in [-0.39, 0.29) is 0 Å². The molecule has 108 valence electrons. The summed E-state index contributed by atoms with van der Waals surface area (Å²) in [6, 6.07) is -0.280. The Hall–Kier alpha value is -1.70. The Balaban J connectivity index is 2.60. The van der Waals surface area contributed by atoms with E-state index in [0.29, 0.717) is 22.7 Å². The molecule has 0 unspecified atom stereocenters. The maximum atomic E-state index is 14.0. The summed E-state index contributed by atoms with van der Waals surface area (Å²) in [6.07, 6.45) is 1.39. The Bertz CT molecular complexity index is 619. The van der Waals surface area contributed by atoms with Crippen LogP contribution in [-0.2, 0) is 4.79 Å². The van der Waals surface area contributed by atoms with E-state index in [0.717, 1.165) is 0 Å². The highest BCUT2D eigenvalue weighted by molar-refractivity contribution is 7.98. The Morgan fingerprint density at radius 3 is 2.25 bits per heavy atom. The summed E-state index contributed by atoms with van der Waals surface area (Å²) in [5.74, 6) is -4.66. The lowest BCUT2D eigenvalue weighted by Gasteiger charge is -2.17. The molecule has 0 aromatic heterocycles. The third kappa shape index (κ3) is 2.04. The first kappa shape index (κ1) is 14.7. The van der Waals surface area contributed by atoms with Gasteiger partial charge in [-0.05, 0) is 20.1 Å². The third-order valence-corrected chi connectivity index (χ3v) is 3.69. The molecule has 1 aliphatic rings. The van der Waals surface area contributed by atoms with Crippen LogP contribution in [0.25, 0.3) is 0 Å². The van der Waals surface area contributed by atoms with Gasteiger partial charge in [-0.3, -0.25) is 4.79 Å². The van der Waals surface area contributed by atoms with Crippen molar-refractivity contribution in [3.05, 3.63) is 23.5 Å². The highest BCUT2D eigenvalue weighted by Gasteiger charge is 2.46. The van der Waals surface area contributed by atoms with Crippen molar-refractivity contribution in [2.75, 3.05) is 11.2 Å². The topological polar surface area (TPSA) is 49.4 Å². The van der Waals surface area contributed by atoms with Gasteiger partial charge in [0, 0.05) is 6.07 Å². The van der Waals surface area contributed by atoms with E-state index >= 15 is 0 Å². The van der Waals surface area contributed by atoms with Gasteiger partial charge >= 0.3 is 6.03 Å². The SMILES string of the molecule is CSc1c(F)cc(N2C(=O)NC(C)(C)C2=O)c(F)c1F. The lowest BCUT2D eigenvalue weighted by molar-refractivity contribution is -0.121. The zero-order valence-electron chi connectivity index (χ0n) is 10.9. The molecule has 1 heterocycles. The van der Waals surface area contributed by atoms with Crippen LogP contribution in [0.15, 0.2) is 11.0 Å². The van der Waals surface area contributed by atoms with Crippen LogP contribution in [0.1, 0.15) is 13.8 Å². The maximum absolute atomic E-state index is 14.0. The fourth-order valence-electron chi connectivity index (χ4n) is 1.88. The predicted octanol–water partition coefficient (Wildman–Crippen LogP) is 2.66. The molecule has 20 heavy (non-hydrogen) atoms. The highest BCUT2D eigenvalue weighted by atomic mass is 32.2. The second-order valence-corrected chi connectivity index (χ2v) is 5.55. The number of benzene rings is 1. The molecular weight excluding hydrogens is 293 g/mol. The smallest absolute Gasteiger partial charge is 0.323 e. The minimum absolute atomic E-state index is 0.408. The van der Waals surface area contributed by atoms with Crippen LogP contribution >= 0.6 is 11.8 Å². The number of imide groups is 1. The summed E-state index contributed by atoms with van der Waals surface area (Å²) in [7, 11) is 0. The third-order valence-electron chi connectivity index (χ3n) is 2.90. The van der Waals surface area contributed by atoms with E-state index < -0.39 is 45.5 Å². The second-order valence-electron chi connectivity index (χ2n) is 4.73. The number of amides is 3. The van der Waals surface area contributed by atoms with Crippen molar-refractivity contribution in [3.8, 4) is 0 Å². The lowest BCUT2D eigenvalue weighted by Crippen LogP contribution is -2.40. The highest BCUT2D eigenvalue weighted by Crippen LogP contribution is 2.34. The van der Waals surface area contributed by atoms with Crippen molar-refractivity contribution in [2.24, 2.45) is 0 Å². The average molecular weight is 304 g/mol. The van der Waals surface area contributed by atoms with Gasteiger partial charge in [0.1, 0.15) is 11.4 Å². The van der Waals surface area contributed by atoms with Gasteiger partial charge in [-0.1, -0.05) is 0 Å². The van der Waals surface area contributed by atoms with Crippen molar-refractivity contribution < 1.29 is 22.8 Å². The molecule has 4 nitrogen and oxygen atoms in total. The van der Waals surface area contributed by atoms with Gasteiger partial charge in [0.05, 0.1) is 10.6 Å². The summed E-state index contributed by atoms with van der Waals surface area (Å²) < 4.78 is 41.4. The van der Waals surface area contributed by atoms with Crippen LogP contribution in [0.2, 0.25) is 0 Å². The van der Waals surface area contributed by atoms with Crippen LogP contribution in [-0.4, -0.2) is 23.7 Å². The predicted molar refractivity (Wildman–Crippen MR) is 68.2 cm³/mol. The standard InChI is InChI=1S/C12H11F3N2O2S/c1-12(2)10(18)17(11(19)16-12)6-4-5(13)9(20-3)8(15)7(6)14/h4H,1-3H3,(H,16,19). The summed E-state index contributed by atoms with van der Waals surface area (Å²) in [4.78, 5) is 23.6. The maximum Gasteiger partial charge on any atom is 0.329 e. The normalized spacial score (nSPS) is 17.6. The van der Waals surface area contributed by atoms with Gasteiger partial charge in [0.2, 0.25) is 0 Å². The average Bonchev–Trinajstić information content (AvgIpc) is 2.54. The number of halogens is 3. The number of anilines is 1. The van der Waals surface area contributed by atoms with Gasteiger partial charge in [0.15, 0.2) is 11.6 Å². The Morgan fingerprint density at radius 2 is 1.80 bits per heavy atom. The van der Waals surface area contributed by atoms with Crippen molar-refractivity contribution in [1.29, 1.82) is 0 Å². The molecule has 0 atom stereocenters. The van der Waals surface area contributed by atoms with Crippen molar-refractivity contribution >= 4 is 29.4 Å². The van der Waals surface area contributed by atoms with Crippen LogP contribution in [0.5, 0.6) is 0 Å². The van der Waals surface area contributed by atoms with Crippen LogP contribution < -0.4 is 10.2 Å². The number of nitrogens with one attached hydrogen (secondary N) is 1. The number of carbonyl (C=O) groups excluding carboxylic acids is 2. The van der Waals surface area contributed by atoms with Crippen molar-refractivity contribution in [1.82, 2.24) is 5.32 Å². The molecule has 1 saturated heterocycles. The summed E-state index contributed by atoms with van der Waals surface area (Å²) in [6.45, 7) is 2.82. The Morgan fingerprint density at radius 1 is 1.20 bits per heavy atom. The minimum Gasteiger partial charge on any atom is -0.323 e. The first-order valence-electron chi connectivity index (χ1n) is 5.59. The quantitative estimate of drug-likeness (QED) is 0.519. The lowest BCUT2D eigenvalue weighted by atomic mass is 10.1. The van der Waals surface area contributed by atoms with E-state index in [4.69, 9.17) is 0 Å². The van der Waals surface area contributed by atoms with Gasteiger partial charge in [-0.15, -0.1) is 11.8 Å². The first-order valence-corrected chi connectivity index (χ1v) is 6.81. The molecule has 2 rings (SSSR count). The van der Waals surface area contributed by atoms with Gasteiger partial charge in [-0.2, -0.15) is 0 Å². The van der Waals surface area contributed by atoms with Crippen LogP contribution in [0.3, 0.4) is 0 Å². The molecule has 1 aromatic rings. The van der Waals surface area contributed by atoms with Crippen LogP contribution in [0, 0.1) is 17.5 Å². The van der Waals surface area contributed by atoms with Gasteiger partial charge < -0.3 is 5.32 Å². The Kier molecular flexibility index (Phi) is 3.45.